The van der Waals surface area contributed by atoms with Gasteiger partial charge in [-0.25, -0.2) is 9.78 Å². The van der Waals surface area contributed by atoms with E-state index in [0.29, 0.717) is 29.5 Å². The molecule has 0 amide bonds. The van der Waals surface area contributed by atoms with Gasteiger partial charge in [-0.1, -0.05) is 6.07 Å². The largest absolute Gasteiger partial charge is 0.462 e. The number of nitrogens with two attached hydrogens (primary N) is 1. The van der Waals surface area contributed by atoms with Gasteiger partial charge in [-0.2, -0.15) is 0 Å². The third-order valence-electron chi connectivity index (χ3n) is 2.79. The van der Waals surface area contributed by atoms with Gasteiger partial charge in [0, 0.05) is 23.5 Å². The Morgan fingerprint density at radius 3 is 2.75 bits per heavy atom. The zero-order valence-corrected chi connectivity index (χ0v) is 11.4. The minimum absolute atomic E-state index is 0.333. The summed E-state index contributed by atoms with van der Waals surface area (Å²) in [4.78, 5) is 15.6. The lowest BCUT2D eigenvalue weighted by atomic mass is 10.2. The van der Waals surface area contributed by atoms with Crippen LogP contribution >= 0.6 is 0 Å². The summed E-state index contributed by atoms with van der Waals surface area (Å²) in [7, 11) is 0. The lowest BCUT2D eigenvalue weighted by Gasteiger charge is -2.09. The number of aromatic nitrogens is 1. The Bertz CT molecular complexity index is 609. The highest BCUT2D eigenvalue weighted by Gasteiger charge is 2.08. The van der Waals surface area contributed by atoms with Crippen molar-refractivity contribution < 1.29 is 14.3 Å². The van der Waals surface area contributed by atoms with E-state index >= 15 is 0 Å². The van der Waals surface area contributed by atoms with Crippen molar-refractivity contribution in [1.82, 2.24) is 4.98 Å². The molecule has 104 valence electrons. The molecule has 0 radical (unpaired) electrons. The van der Waals surface area contributed by atoms with Crippen LogP contribution in [0.25, 0.3) is 0 Å². The van der Waals surface area contributed by atoms with Crippen molar-refractivity contribution in [2.75, 3.05) is 12.3 Å². The maximum atomic E-state index is 11.5. The number of rotatable bonds is 4. The average Bonchev–Trinajstić information content (AvgIpc) is 2.45. The predicted molar refractivity (Wildman–Crippen MR) is 75.9 cm³/mol. The van der Waals surface area contributed by atoms with Crippen LogP contribution in [0.1, 0.15) is 22.8 Å². The molecule has 0 fully saturated rings. The zero-order chi connectivity index (χ0) is 14.5. The van der Waals surface area contributed by atoms with Crippen LogP contribution in [0, 0.1) is 6.92 Å². The number of pyridine rings is 1. The summed E-state index contributed by atoms with van der Waals surface area (Å²) in [5.74, 6) is 0.639. The summed E-state index contributed by atoms with van der Waals surface area (Å²) < 4.78 is 10.5. The second-order valence-electron chi connectivity index (χ2n) is 4.18. The van der Waals surface area contributed by atoms with E-state index in [0.717, 1.165) is 5.56 Å². The molecule has 0 aliphatic heterocycles. The third-order valence-corrected chi connectivity index (χ3v) is 2.79. The second-order valence-corrected chi connectivity index (χ2v) is 4.18. The summed E-state index contributed by atoms with van der Waals surface area (Å²) in [5.41, 5.74) is 7.71. The first-order chi connectivity index (χ1) is 9.61. The molecular weight excluding hydrogens is 256 g/mol. The van der Waals surface area contributed by atoms with Gasteiger partial charge >= 0.3 is 5.97 Å². The van der Waals surface area contributed by atoms with Crippen molar-refractivity contribution in [1.29, 1.82) is 0 Å². The van der Waals surface area contributed by atoms with Crippen molar-refractivity contribution >= 4 is 11.7 Å². The molecule has 0 saturated carbocycles. The number of hydrogen-bond acceptors (Lipinski definition) is 5. The van der Waals surface area contributed by atoms with Crippen LogP contribution in [0.2, 0.25) is 0 Å². The van der Waals surface area contributed by atoms with Gasteiger partial charge in [0.2, 0.25) is 5.88 Å². The molecule has 5 nitrogen and oxygen atoms in total. The number of carbonyl (C=O) groups excluding carboxylic acids is 1. The third kappa shape index (κ3) is 3.06. The summed E-state index contributed by atoms with van der Waals surface area (Å²) in [5, 5.41) is 0. The van der Waals surface area contributed by atoms with E-state index in [1.807, 2.05) is 19.1 Å². The Morgan fingerprint density at radius 2 is 2.10 bits per heavy atom. The topological polar surface area (TPSA) is 74.4 Å². The van der Waals surface area contributed by atoms with Gasteiger partial charge in [0.25, 0.3) is 0 Å². The second kappa shape index (κ2) is 6.06. The minimum atomic E-state index is -0.397. The molecule has 0 aliphatic rings. The molecule has 1 heterocycles. The minimum Gasteiger partial charge on any atom is -0.462 e. The van der Waals surface area contributed by atoms with Crippen molar-refractivity contribution in [3.8, 4) is 11.6 Å². The molecule has 2 N–H and O–H groups in total. The number of hydrogen-bond donors (Lipinski definition) is 1. The monoisotopic (exact) mass is 272 g/mol. The van der Waals surface area contributed by atoms with E-state index in [1.54, 1.807) is 25.1 Å². The predicted octanol–water partition coefficient (Wildman–Crippen LogP) is 2.94. The fourth-order valence-electron chi connectivity index (χ4n) is 1.63. The van der Waals surface area contributed by atoms with Crippen LogP contribution in [0.5, 0.6) is 11.6 Å². The maximum absolute atomic E-state index is 11.5. The highest BCUT2D eigenvalue weighted by atomic mass is 16.5. The van der Waals surface area contributed by atoms with Crippen molar-refractivity contribution in [2.24, 2.45) is 0 Å². The lowest BCUT2D eigenvalue weighted by Crippen LogP contribution is -2.05. The van der Waals surface area contributed by atoms with E-state index in [2.05, 4.69) is 4.98 Å². The van der Waals surface area contributed by atoms with Crippen LogP contribution in [-0.4, -0.2) is 17.6 Å². The molecule has 0 spiro atoms. The average molecular weight is 272 g/mol. The Labute approximate surface area is 117 Å². The van der Waals surface area contributed by atoms with Gasteiger partial charge in [0.05, 0.1) is 12.2 Å². The van der Waals surface area contributed by atoms with E-state index in [9.17, 15) is 4.79 Å². The number of benzene rings is 1. The SMILES string of the molecule is CCOC(=O)c1ccc(Oc2cccc(N)c2C)nc1. The standard InChI is InChI=1S/C15H16N2O3/c1-3-19-15(18)11-7-8-14(17-9-11)20-13-6-4-5-12(16)10(13)2/h4-9H,3,16H2,1-2H3. The molecule has 5 heteroatoms. The summed E-state index contributed by atoms with van der Waals surface area (Å²) >= 11 is 0. The maximum Gasteiger partial charge on any atom is 0.339 e. The van der Waals surface area contributed by atoms with E-state index in [4.69, 9.17) is 15.2 Å². The Morgan fingerprint density at radius 1 is 1.30 bits per heavy atom. The van der Waals surface area contributed by atoms with Crippen molar-refractivity contribution in [3.63, 3.8) is 0 Å². The van der Waals surface area contributed by atoms with Crippen LogP contribution in [-0.2, 0) is 4.74 Å². The molecule has 20 heavy (non-hydrogen) atoms. The van der Waals surface area contributed by atoms with Crippen LogP contribution in [0.3, 0.4) is 0 Å². The first-order valence-corrected chi connectivity index (χ1v) is 6.28. The fourth-order valence-corrected chi connectivity index (χ4v) is 1.63. The summed E-state index contributed by atoms with van der Waals surface area (Å²) in [6, 6.07) is 8.66. The molecule has 2 aromatic rings. The first-order valence-electron chi connectivity index (χ1n) is 6.28. The molecule has 0 atom stereocenters. The van der Waals surface area contributed by atoms with Gasteiger partial charge in [0.1, 0.15) is 5.75 Å². The molecule has 0 bridgehead atoms. The van der Waals surface area contributed by atoms with Crippen LogP contribution in [0.15, 0.2) is 36.5 Å². The Balaban J connectivity index is 2.15. The lowest BCUT2D eigenvalue weighted by molar-refractivity contribution is 0.0526. The number of nitrogen functional groups attached to an aromatic ring is 1. The van der Waals surface area contributed by atoms with Gasteiger partial charge in [-0.05, 0) is 32.0 Å². The van der Waals surface area contributed by atoms with E-state index in [-0.39, 0.29) is 0 Å². The van der Waals surface area contributed by atoms with Gasteiger partial charge < -0.3 is 15.2 Å². The van der Waals surface area contributed by atoms with Crippen molar-refractivity contribution in [2.45, 2.75) is 13.8 Å². The summed E-state index contributed by atoms with van der Waals surface area (Å²) in [6.45, 7) is 3.96. The molecular formula is C15H16N2O3. The number of esters is 1. The molecule has 0 saturated heterocycles. The number of anilines is 1. The Kier molecular flexibility index (Phi) is 4.20. The first kappa shape index (κ1) is 13.9. The molecule has 1 aromatic heterocycles. The quantitative estimate of drug-likeness (QED) is 0.684. The number of nitrogens with zero attached hydrogens (tertiary/aromatic N) is 1. The molecule has 0 unspecified atom stereocenters. The van der Waals surface area contributed by atoms with Crippen LogP contribution < -0.4 is 10.5 Å². The number of carbonyl (C=O) groups is 1. The van der Waals surface area contributed by atoms with Crippen molar-refractivity contribution in [3.05, 3.63) is 47.7 Å². The van der Waals surface area contributed by atoms with Gasteiger partial charge in [-0.15, -0.1) is 0 Å². The molecule has 0 aliphatic carbocycles. The van der Waals surface area contributed by atoms with Gasteiger partial charge in [-0.3, -0.25) is 0 Å². The fraction of sp³-hybridized carbons (Fsp3) is 0.200. The summed E-state index contributed by atoms with van der Waals surface area (Å²) in [6.07, 6.45) is 1.43. The highest BCUT2D eigenvalue weighted by molar-refractivity contribution is 5.89. The zero-order valence-electron chi connectivity index (χ0n) is 11.4. The smallest absolute Gasteiger partial charge is 0.339 e. The normalized spacial score (nSPS) is 10.1. The van der Waals surface area contributed by atoms with E-state index < -0.39 is 5.97 Å². The number of ether oxygens (including phenoxy) is 2. The van der Waals surface area contributed by atoms with E-state index in [1.165, 1.54) is 6.20 Å². The van der Waals surface area contributed by atoms with Crippen LogP contribution in [0.4, 0.5) is 5.69 Å². The molecule has 1 aromatic carbocycles. The van der Waals surface area contributed by atoms with Gasteiger partial charge in [0.15, 0.2) is 0 Å². The Hall–Kier alpha value is -2.56. The molecule has 2 rings (SSSR count). The highest BCUT2D eigenvalue weighted by Crippen LogP contribution is 2.27.